The molecule has 3 rings (SSSR count). The van der Waals surface area contributed by atoms with Crippen LogP contribution in [0.2, 0.25) is 0 Å². The van der Waals surface area contributed by atoms with Crippen LogP contribution in [0.3, 0.4) is 0 Å². The van der Waals surface area contributed by atoms with Crippen LogP contribution in [-0.2, 0) is 19.6 Å². The summed E-state index contributed by atoms with van der Waals surface area (Å²) in [6, 6.07) is 17.4. The normalized spacial score (nSPS) is 10.7. The van der Waals surface area contributed by atoms with Gasteiger partial charge >= 0.3 is 0 Å². The van der Waals surface area contributed by atoms with E-state index >= 15 is 0 Å². The molecule has 248 valence electrons. The number of pyridine rings is 1. The second kappa shape index (κ2) is 22.7. The van der Waals surface area contributed by atoms with Crippen molar-refractivity contribution < 1.29 is 47.5 Å². The summed E-state index contributed by atoms with van der Waals surface area (Å²) in [4.78, 5) is 15.7. The topological polar surface area (TPSA) is 51.9 Å². The predicted molar refractivity (Wildman–Crippen MR) is 178 cm³/mol. The van der Waals surface area contributed by atoms with Crippen molar-refractivity contribution in [3.63, 3.8) is 0 Å². The summed E-state index contributed by atoms with van der Waals surface area (Å²) < 4.78 is 19.5. The first-order valence-electron chi connectivity index (χ1n) is 16.8. The van der Waals surface area contributed by atoms with Gasteiger partial charge in [-0.15, -0.1) is 0 Å². The number of benzene rings is 2. The van der Waals surface area contributed by atoms with Gasteiger partial charge in [-0.1, -0.05) is 95.8 Å². The van der Waals surface area contributed by atoms with Crippen molar-refractivity contribution in [1.29, 1.82) is 0 Å². The van der Waals surface area contributed by atoms with Crippen molar-refractivity contribution in [2.75, 3.05) is 20.8 Å². The Labute approximate surface area is 289 Å². The number of nitrogens with zero attached hydrogens (tertiary/aromatic N) is 2. The highest BCUT2D eigenvalue weighted by molar-refractivity contribution is 5.96. The number of aromatic nitrogens is 1. The van der Waals surface area contributed by atoms with E-state index in [0.717, 1.165) is 29.8 Å². The van der Waals surface area contributed by atoms with Gasteiger partial charge in [0.15, 0.2) is 23.9 Å². The molecule has 6 nitrogen and oxygen atoms in total. The Balaban J connectivity index is 0.00000705. The molecule has 7 heteroatoms. The van der Waals surface area contributed by atoms with Gasteiger partial charge in [0.2, 0.25) is 0 Å². The molecule has 0 N–H and O–H groups in total. The van der Waals surface area contributed by atoms with Crippen molar-refractivity contribution >= 4 is 5.91 Å². The van der Waals surface area contributed by atoms with E-state index in [4.69, 9.17) is 14.2 Å². The molecule has 1 heterocycles. The highest BCUT2D eigenvalue weighted by atomic mass is 127. The highest BCUT2D eigenvalue weighted by Crippen LogP contribution is 2.30. The van der Waals surface area contributed by atoms with Crippen LogP contribution < -0.4 is 42.8 Å². The van der Waals surface area contributed by atoms with E-state index in [0.29, 0.717) is 36.8 Å². The van der Waals surface area contributed by atoms with Gasteiger partial charge in [0, 0.05) is 18.2 Å². The zero-order valence-electron chi connectivity index (χ0n) is 28.1. The standard InChI is InChI=1S/C38H55N2O4.HI/c1-5-7-8-9-10-11-12-13-14-15-16-19-27-44-36-25-24-32(28-37(36)43-4)30-40(31-33-21-20-26-39(6-2)29-33)38(41)34-22-17-18-23-35(34)42-3;/h17-18,20-26,28-29H,5-16,19,27,30-31H2,1-4H3;1H/q+1;/p-1. The lowest BCUT2D eigenvalue weighted by Gasteiger charge is -2.24. The van der Waals surface area contributed by atoms with Crippen LogP contribution in [-0.4, -0.2) is 31.6 Å². The molecule has 0 bridgehead atoms. The molecule has 0 atom stereocenters. The molecule has 0 saturated carbocycles. The second-order valence-electron chi connectivity index (χ2n) is 11.6. The summed E-state index contributed by atoms with van der Waals surface area (Å²) >= 11 is 0. The fourth-order valence-electron chi connectivity index (χ4n) is 5.55. The molecular formula is C38H55IN2O4. The number of methoxy groups -OCH3 is 2. The van der Waals surface area contributed by atoms with Crippen LogP contribution in [0, 0.1) is 0 Å². The van der Waals surface area contributed by atoms with Crippen molar-refractivity contribution in [2.24, 2.45) is 0 Å². The third kappa shape index (κ3) is 13.6. The van der Waals surface area contributed by atoms with E-state index < -0.39 is 0 Å². The quantitative estimate of drug-likeness (QED) is 0.0731. The zero-order valence-corrected chi connectivity index (χ0v) is 30.2. The first-order valence-corrected chi connectivity index (χ1v) is 16.8. The summed E-state index contributed by atoms with van der Waals surface area (Å²) in [5, 5.41) is 0. The lowest BCUT2D eigenvalue weighted by atomic mass is 10.1. The Hall–Kier alpha value is -2.81. The third-order valence-corrected chi connectivity index (χ3v) is 8.14. The van der Waals surface area contributed by atoms with E-state index in [-0.39, 0.29) is 29.9 Å². The molecule has 1 aromatic heterocycles. The van der Waals surface area contributed by atoms with Crippen molar-refractivity contribution in [1.82, 2.24) is 4.90 Å². The van der Waals surface area contributed by atoms with E-state index in [1.165, 1.54) is 70.6 Å². The molecule has 45 heavy (non-hydrogen) atoms. The maximum absolute atomic E-state index is 13.8. The van der Waals surface area contributed by atoms with Crippen molar-refractivity contribution in [3.8, 4) is 17.2 Å². The molecule has 0 aliphatic carbocycles. The molecule has 0 unspecified atom stereocenters. The van der Waals surface area contributed by atoms with E-state index in [1.54, 1.807) is 14.2 Å². The second-order valence-corrected chi connectivity index (χ2v) is 11.6. The number of hydrogen-bond donors (Lipinski definition) is 0. The van der Waals surface area contributed by atoms with Crippen molar-refractivity contribution in [2.45, 2.75) is 111 Å². The van der Waals surface area contributed by atoms with Crippen LogP contribution in [0.4, 0.5) is 0 Å². The maximum atomic E-state index is 13.8. The van der Waals surface area contributed by atoms with Gasteiger partial charge in [-0.05, 0) is 49.2 Å². The van der Waals surface area contributed by atoms with Crippen LogP contribution in [0.5, 0.6) is 17.2 Å². The average molecular weight is 731 g/mol. The molecule has 0 radical (unpaired) electrons. The SMILES string of the molecule is CCCCCCCCCCCCCCOc1ccc(CN(Cc2ccc[n+](CC)c2)C(=O)c2ccccc2OC)cc1OC.[I-]. The van der Waals surface area contributed by atoms with Crippen LogP contribution in [0.25, 0.3) is 0 Å². The van der Waals surface area contributed by atoms with Gasteiger partial charge in [0.05, 0.1) is 32.9 Å². The Bertz CT molecular complexity index is 1250. The summed E-state index contributed by atoms with van der Waals surface area (Å²) in [7, 11) is 3.26. The summed E-state index contributed by atoms with van der Waals surface area (Å²) in [5.41, 5.74) is 2.58. The lowest BCUT2D eigenvalue weighted by molar-refractivity contribution is -0.694. The Morgan fingerprint density at radius 3 is 1.96 bits per heavy atom. The number of unbranched alkanes of at least 4 members (excludes halogenated alkanes) is 11. The number of rotatable bonds is 22. The van der Waals surface area contributed by atoms with Gasteiger partial charge in [0.25, 0.3) is 5.91 Å². The van der Waals surface area contributed by atoms with Gasteiger partial charge in [-0.25, -0.2) is 4.57 Å². The summed E-state index contributed by atoms with van der Waals surface area (Å²) in [6.07, 6.45) is 20.0. The largest absolute Gasteiger partial charge is 1.00 e. The number of carbonyl (C=O) groups excluding carboxylic acids is 1. The molecule has 0 saturated heterocycles. The van der Waals surface area contributed by atoms with Crippen LogP contribution in [0.15, 0.2) is 67.0 Å². The number of carbonyl (C=O) groups is 1. The smallest absolute Gasteiger partial charge is 0.258 e. The van der Waals surface area contributed by atoms with E-state index in [2.05, 4.69) is 30.7 Å². The Morgan fingerprint density at radius 2 is 1.31 bits per heavy atom. The molecule has 1 amide bonds. The highest BCUT2D eigenvalue weighted by Gasteiger charge is 2.21. The number of para-hydroxylation sites is 1. The van der Waals surface area contributed by atoms with Gasteiger partial charge < -0.3 is 43.1 Å². The van der Waals surface area contributed by atoms with E-state index in [1.807, 2.05) is 59.6 Å². The number of hydrogen-bond acceptors (Lipinski definition) is 4. The molecule has 3 aromatic rings. The maximum Gasteiger partial charge on any atom is 0.258 e. The third-order valence-electron chi connectivity index (χ3n) is 8.14. The molecule has 2 aromatic carbocycles. The fraction of sp³-hybridized carbons (Fsp3) is 0.526. The minimum atomic E-state index is -0.0828. The monoisotopic (exact) mass is 730 g/mol. The Kier molecular flexibility index (Phi) is 19.3. The molecule has 0 aliphatic rings. The molecule has 0 spiro atoms. The summed E-state index contributed by atoms with van der Waals surface area (Å²) in [5.74, 6) is 1.92. The first-order chi connectivity index (χ1) is 21.6. The number of aryl methyl sites for hydroxylation is 1. The molecule has 0 fully saturated rings. The number of halogens is 1. The lowest BCUT2D eigenvalue weighted by Crippen LogP contribution is -3.00. The zero-order chi connectivity index (χ0) is 31.4. The minimum Gasteiger partial charge on any atom is -1.00 e. The summed E-state index contributed by atoms with van der Waals surface area (Å²) in [6.45, 7) is 6.82. The van der Waals surface area contributed by atoms with Gasteiger partial charge in [0.1, 0.15) is 12.3 Å². The molecular weight excluding hydrogens is 675 g/mol. The van der Waals surface area contributed by atoms with Crippen molar-refractivity contribution in [3.05, 3.63) is 83.7 Å². The van der Waals surface area contributed by atoms with Gasteiger partial charge in [-0.2, -0.15) is 0 Å². The Morgan fingerprint density at radius 1 is 0.689 bits per heavy atom. The van der Waals surface area contributed by atoms with Gasteiger partial charge in [-0.3, -0.25) is 4.79 Å². The molecule has 0 aliphatic heterocycles. The number of amides is 1. The van der Waals surface area contributed by atoms with Crippen LogP contribution >= 0.6 is 0 Å². The average Bonchev–Trinajstić information content (AvgIpc) is 3.06. The fourth-order valence-corrected chi connectivity index (χ4v) is 5.55. The minimum absolute atomic E-state index is 0. The first kappa shape index (κ1) is 38.4. The predicted octanol–water partition coefficient (Wildman–Crippen LogP) is 5.94. The van der Waals surface area contributed by atoms with Crippen LogP contribution in [0.1, 0.15) is 112 Å². The van der Waals surface area contributed by atoms with E-state index in [9.17, 15) is 4.79 Å². The number of ether oxygens (including phenoxy) is 3.